The highest BCUT2D eigenvalue weighted by Gasteiger charge is 2.13. The fourth-order valence-electron chi connectivity index (χ4n) is 3.94. The topological polar surface area (TPSA) is 56.2 Å². The maximum Gasteiger partial charge on any atom is 0.223 e. The van der Waals surface area contributed by atoms with Gasteiger partial charge in [-0.2, -0.15) is 0 Å². The van der Waals surface area contributed by atoms with E-state index >= 15 is 0 Å². The van der Waals surface area contributed by atoms with Crippen molar-refractivity contribution in [3.05, 3.63) is 60.4 Å². The second kappa shape index (κ2) is 12.1. The molecular weight excluding hydrogens is 386 g/mol. The maximum atomic E-state index is 12.1. The molecule has 0 fully saturated rings. The number of aryl methyl sites for hydroxylation is 1. The number of nitrogens with one attached hydrogen (secondary N) is 1. The molecule has 0 saturated carbocycles. The summed E-state index contributed by atoms with van der Waals surface area (Å²) < 4.78 is 8.20. The van der Waals surface area contributed by atoms with Crippen molar-refractivity contribution in [2.45, 2.75) is 58.9 Å². The lowest BCUT2D eigenvalue weighted by atomic mass is 10.0. The zero-order valence-electron chi connectivity index (χ0n) is 18.8. The first-order valence-electron chi connectivity index (χ1n) is 11.6. The van der Waals surface area contributed by atoms with Crippen LogP contribution < -0.4 is 10.1 Å². The van der Waals surface area contributed by atoms with Crippen LogP contribution in [0.5, 0.6) is 5.75 Å². The van der Waals surface area contributed by atoms with Crippen LogP contribution in [0.3, 0.4) is 0 Å². The highest BCUT2D eigenvalue weighted by molar-refractivity contribution is 5.78. The number of fused-ring (bicyclic) bond motifs is 1. The van der Waals surface area contributed by atoms with Crippen LogP contribution in [0.2, 0.25) is 0 Å². The van der Waals surface area contributed by atoms with E-state index in [2.05, 4.69) is 41.9 Å². The largest absolute Gasteiger partial charge is 0.492 e. The predicted octanol–water partition coefficient (Wildman–Crippen LogP) is 5.38. The molecule has 31 heavy (non-hydrogen) atoms. The molecule has 1 amide bonds. The molecule has 5 heteroatoms. The number of benzene rings is 2. The summed E-state index contributed by atoms with van der Waals surface area (Å²) in [7, 11) is 0. The van der Waals surface area contributed by atoms with Crippen molar-refractivity contribution in [3.8, 4) is 5.75 Å². The second-order valence-corrected chi connectivity index (χ2v) is 7.95. The average Bonchev–Trinajstić information content (AvgIpc) is 3.15. The van der Waals surface area contributed by atoms with Crippen molar-refractivity contribution < 1.29 is 9.53 Å². The van der Waals surface area contributed by atoms with E-state index in [-0.39, 0.29) is 11.8 Å². The van der Waals surface area contributed by atoms with Crippen molar-refractivity contribution in [1.82, 2.24) is 14.9 Å². The number of ether oxygens (including phenoxy) is 1. The van der Waals surface area contributed by atoms with E-state index < -0.39 is 0 Å². The number of amides is 1. The molecular formula is C26H35N3O2. The number of carbonyl (C=O) groups is 1. The van der Waals surface area contributed by atoms with E-state index in [0.717, 1.165) is 74.2 Å². The minimum atomic E-state index is 0.151. The van der Waals surface area contributed by atoms with Gasteiger partial charge in [0.25, 0.3) is 0 Å². The Morgan fingerprint density at radius 1 is 1.00 bits per heavy atom. The third-order valence-corrected chi connectivity index (χ3v) is 5.79. The van der Waals surface area contributed by atoms with Crippen molar-refractivity contribution in [2.75, 3.05) is 13.2 Å². The molecule has 0 spiro atoms. The van der Waals surface area contributed by atoms with E-state index in [1.807, 2.05) is 36.4 Å². The van der Waals surface area contributed by atoms with Crippen LogP contribution in [0.15, 0.2) is 54.6 Å². The third-order valence-electron chi connectivity index (χ3n) is 5.79. The fraction of sp³-hybridized carbons (Fsp3) is 0.462. The summed E-state index contributed by atoms with van der Waals surface area (Å²) in [6.07, 6.45) is 5.89. The smallest absolute Gasteiger partial charge is 0.223 e. The molecule has 3 rings (SSSR count). The molecule has 0 aliphatic heterocycles. The van der Waals surface area contributed by atoms with Gasteiger partial charge < -0.3 is 14.6 Å². The third kappa shape index (κ3) is 6.58. The highest BCUT2D eigenvalue weighted by atomic mass is 16.5. The molecule has 0 aliphatic carbocycles. The Kier molecular flexibility index (Phi) is 8.95. The molecule has 166 valence electrons. The molecule has 0 bridgehead atoms. The Morgan fingerprint density at radius 3 is 2.52 bits per heavy atom. The van der Waals surface area contributed by atoms with Crippen LogP contribution in [0, 0.1) is 5.92 Å². The van der Waals surface area contributed by atoms with Crippen LogP contribution in [-0.4, -0.2) is 28.6 Å². The van der Waals surface area contributed by atoms with E-state index in [1.54, 1.807) is 0 Å². The Hall–Kier alpha value is -2.82. The fourth-order valence-corrected chi connectivity index (χ4v) is 3.94. The lowest BCUT2D eigenvalue weighted by Crippen LogP contribution is -2.30. The molecule has 0 radical (unpaired) electrons. The van der Waals surface area contributed by atoms with Gasteiger partial charge in [0.1, 0.15) is 18.2 Å². The average molecular weight is 422 g/mol. The summed E-state index contributed by atoms with van der Waals surface area (Å²) in [6.45, 7) is 6.29. The number of hydrogen-bond donors (Lipinski definition) is 1. The molecule has 0 atom stereocenters. The van der Waals surface area contributed by atoms with E-state index in [1.165, 1.54) is 0 Å². The van der Waals surface area contributed by atoms with Crippen LogP contribution in [-0.2, 0) is 17.8 Å². The van der Waals surface area contributed by atoms with Crippen LogP contribution in [0.25, 0.3) is 11.0 Å². The lowest BCUT2D eigenvalue weighted by Gasteiger charge is -2.13. The summed E-state index contributed by atoms with van der Waals surface area (Å²) >= 11 is 0. The predicted molar refractivity (Wildman–Crippen MR) is 126 cm³/mol. The van der Waals surface area contributed by atoms with E-state index in [4.69, 9.17) is 9.72 Å². The van der Waals surface area contributed by atoms with Crippen LogP contribution in [0.1, 0.15) is 51.8 Å². The SMILES string of the molecule is CCC(CC)C(=O)NCCCCCc1nc2ccccc2n1CCOc1ccccc1. The van der Waals surface area contributed by atoms with Gasteiger partial charge in [0.15, 0.2) is 0 Å². The van der Waals surface area contributed by atoms with Crippen LogP contribution >= 0.6 is 0 Å². The first kappa shape index (κ1) is 22.9. The van der Waals surface area contributed by atoms with Crippen molar-refractivity contribution in [3.63, 3.8) is 0 Å². The molecule has 0 unspecified atom stereocenters. The maximum absolute atomic E-state index is 12.1. The number of rotatable bonds is 13. The zero-order valence-corrected chi connectivity index (χ0v) is 18.8. The van der Waals surface area contributed by atoms with Gasteiger partial charge >= 0.3 is 0 Å². The Balaban J connectivity index is 1.49. The second-order valence-electron chi connectivity index (χ2n) is 7.95. The highest BCUT2D eigenvalue weighted by Crippen LogP contribution is 2.18. The first-order valence-corrected chi connectivity index (χ1v) is 11.6. The number of aromatic nitrogens is 2. The number of imidazole rings is 1. The van der Waals surface area contributed by atoms with Gasteiger partial charge in [0.05, 0.1) is 17.6 Å². The van der Waals surface area contributed by atoms with Crippen molar-refractivity contribution in [2.24, 2.45) is 5.92 Å². The number of unbranched alkanes of at least 4 members (excludes halogenated alkanes) is 2. The Labute approximate surface area is 185 Å². The van der Waals surface area contributed by atoms with Gasteiger partial charge in [-0.1, -0.05) is 50.6 Å². The standard InChI is InChI=1S/C26H35N3O2/c1-3-21(4-2)26(30)27-18-12-6-9-17-25-28-23-15-10-11-16-24(23)29(25)19-20-31-22-13-7-5-8-14-22/h5,7-8,10-11,13-16,21H,3-4,6,9,12,17-20H2,1-2H3,(H,27,30). The molecule has 1 aromatic heterocycles. The van der Waals surface area contributed by atoms with Crippen molar-refractivity contribution in [1.29, 1.82) is 0 Å². The molecule has 5 nitrogen and oxygen atoms in total. The van der Waals surface area contributed by atoms with E-state index in [9.17, 15) is 4.79 Å². The number of nitrogens with zero attached hydrogens (tertiary/aromatic N) is 2. The molecule has 1 heterocycles. The monoisotopic (exact) mass is 421 g/mol. The van der Waals surface area contributed by atoms with Crippen LogP contribution in [0.4, 0.5) is 0 Å². The lowest BCUT2D eigenvalue weighted by molar-refractivity contribution is -0.125. The molecule has 1 N–H and O–H groups in total. The van der Waals surface area contributed by atoms with Gasteiger partial charge in [0.2, 0.25) is 5.91 Å². The van der Waals surface area contributed by atoms with Crippen molar-refractivity contribution >= 4 is 16.9 Å². The Bertz CT molecular complexity index is 932. The number of para-hydroxylation sites is 3. The quantitative estimate of drug-likeness (QED) is 0.377. The van der Waals surface area contributed by atoms with Gasteiger partial charge in [-0.3, -0.25) is 4.79 Å². The summed E-state index contributed by atoms with van der Waals surface area (Å²) in [5.74, 6) is 2.35. The van der Waals surface area contributed by atoms with Gasteiger partial charge in [-0.15, -0.1) is 0 Å². The first-order chi connectivity index (χ1) is 15.2. The minimum Gasteiger partial charge on any atom is -0.492 e. The van der Waals surface area contributed by atoms with Gasteiger partial charge in [-0.25, -0.2) is 4.98 Å². The number of carbonyl (C=O) groups excluding carboxylic acids is 1. The minimum absolute atomic E-state index is 0.151. The normalized spacial score (nSPS) is 11.2. The molecule has 0 aliphatic rings. The van der Waals surface area contributed by atoms with Gasteiger partial charge in [0, 0.05) is 18.9 Å². The molecule has 3 aromatic rings. The zero-order chi connectivity index (χ0) is 21.9. The summed E-state index contributed by atoms with van der Waals surface area (Å²) in [5.41, 5.74) is 2.20. The summed E-state index contributed by atoms with van der Waals surface area (Å²) in [4.78, 5) is 16.9. The van der Waals surface area contributed by atoms with E-state index in [0.29, 0.717) is 6.61 Å². The molecule has 2 aromatic carbocycles. The van der Waals surface area contributed by atoms with Gasteiger partial charge in [-0.05, 0) is 49.9 Å². The summed E-state index contributed by atoms with van der Waals surface area (Å²) in [5, 5.41) is 3.08. The summed E-state index contributed by atoms with van der Waals surface area (Å²) in [6, 6.07) is 18.2. The Morgan fingerprint density at radius 2 is 1.74 bits per heavy atom. The number of hydrogen-bond acceptors (Lipinski definition) is 3. The molecule has 0 saturated heterocycles.